The minimum absolute atomic E-state index is 0.712. The number of rotatable bonds is 7. The molecule has 0 aromatic heterocycles. The highest BCUT2D eigenvalue weighted by Gasteiger charge is 2.08. The Bertz CT molecular complexity index is 360. The monoisotopic (exact) mass is 233 g/mol. The molecule has 1 rings (SSSR count). The highest BCUT2D eigenvalue weighted by Crippen LogP contribution is 2.20. The van der Waals surface area contributed by atoms with Crippen LogP contribution in [0.3, 0.4) is 0 Å². The number of likely N-dealkylation sites (N-methyl/N-ethyl adjacent to an activating group) is 1. The fraction of sp³-hybridized carbons (Fsp3) is 0.467. The van der Waals surface area contributed by atoms with Crippen molar-refractivity contribution in [2.24, 2.45) is 0 Å². The molecule has 0 unspecified atom stereocenters. The van der Waals surface area contributed by atoms with E-state index < -0.39 is 0 Å². The summed E-state index contributed by atoms with van der Waals surface area (Å²) in [5.41, 5.74) is 2.44. The van der Waals surface area contributed by atoms with Crippen molar-refractivity contribution in [2.75, 3.05) is 19.7 Å². The van der Waals surface area contributed by atoms with Gasteiger partial charge in [0.05, 0.1) is 6.61 Å². The Balaban J connectivity index is 2.74. The highest BCUT2D eigenvalue weighted by atomic mass is 16.5. The fourth-order valence-electron chi connectivity index (χ4n) is 1.83. The molecule has 0 saturated carbocycles. The molecule has 1 aromatic rings. The molecule has 0 amide bonds. The van der Waals surface area contributed by atoms with Gasteiger partial charge in [-0.15, -0.1) is 0 Å². The molecule has 0 fully saturated rings. The van der Waals surface area contributed by atoms with E-state index in [0.717, 1.165) is 25.4 Å². The van der Waals surface area contributed by atoms with Crippen molar-refractivity contribution in [2.45, 2.75) is 27.3 Å². The molecule has 0 aliphatic heterocycles. The van der Waals surface area contributed by atoms with Gasteiger partial charge in [0.25, 0.3) is 0 Å². The molecule has 0 saturated heterocycles. The summed E-state index contributed by atoms with van der Waals surface area (Å²) in [5.74, 6) is 0.996. The Labute approximate surface area is 105 Å². The maximum Gasteiger partial charge on any atom is 0.123 e. The first-order valence-electron chi connectivity index (χ1n) is 6.24. The van der Waals surface area contributed by atoms with Crippen molar-refractivity contribution < 1.29 is 4.74 Å². The Hall–Kier alpha value is -1.28. The largest absolute Gasteiger partial charge is 0.494 e. The SMILES string of the molecule is C=C(C)CN(CC)Cc1ccccc1OCC. The van der Waals surface area contributed by atoms with E-state index in [4.69, 9.17) is 4.74 Å². The molecule has 0 N–H and O–H groups in total. The summed E-state index contributed by atoms with van der Waals surface area (Å²) in [6.07, 6.45) is 0. The van der Waals surface area contributed by atoms with E-state index in [1.54, 1.807) is 0 Å². The van der Waals surface area contributed by atoms with Crippen LogP contribution in [0.1, 0.15) is 26.3 Å². The normalized spacial score (nSPS) is 10.6. The van der Waals surface area contributed by atoms with Crippen LogP contribution in [0.2, 0.25) is 0 Å². The van der Waals surface area contributed by atoms with Gasteiger partial charge in [-0.3, -0.25) is 4.90 Å². The van der Waals surface area contributed by atoms with Crippen LogP contribution in [0.25, 0.3) is 0 Å². The van der Waals surface area contributed by atoms with Crippen LogP contribution in [0.4, 0.5) is 0 Å². The summed E-state index contributed by atoms with van der Waals surface area (Å²) < 4.78 is 5.64. The van der Waals surface area contributed by atoms with E-state index >= 15 is 0 Å². The summed E-state index contributed by atoms with van der Waals surface area (Å²) in [5, 5.41) is 0. The highest BCUT2D eigenvalue weighted by molar-refractivity contribution is 5.33. The van der Waals surface area contributed by atoms with Crippen LogP contribution in [0.15, 0.2) is 36.4 Å². The van der Waals surface area contributed by atoms with Gasteiger partial charge in [-0.05, 0) is 26.5 Å². The summed E-state index contributed by atoms with van der Waals surface area (Å²) in [7, 11) is 0. The quantitative estimate of drug-likeness (QED) is 0.668. The van der Waals surface area contributed by atoms with Gasteiger partial charge in [-0.2, -0.15) is 0 Å². The third kappa shape index (κ3) is 4.61. The zero-order chi connectivity index (χ0) is 12.7. The number of hydrogen-bond donors (Lipinski definition) is 0. The number of nitrogens with zero attached hydrogens (tertiary/aromatic N) is 1. The van der Waals surface area contributed by atoms with E-state index in [0.29, 0.717) is 6.61 Å². The number of ether oxygens (including phenoxy) is 1. The van der Waals surface area contributed by atoms with Gasteiger partial charge in [-0.1, -0.05) is 37.3 Å². The Kier molecular flexibility index (Phi) is 5.78. The average molecular weight is 233 g/mol. The molecule has 1 aromatic carbocycles. The summed E-state index contributed by atoms with van der Waals surface area (Å²) in [6.45, 7) is 13.8. The standard InChI is InChI=1S/C15H23NO/c1-5-16(11-13(3)4)12-14-9-7-8-10-15(14)17-6-2/h7-10H,3,5-6,11-12H2,1-2,4H3. The maximum absolute atomic E-state index is 5.64. The Morgan fingerprint density at radius 3 is 2.59 bits per heavy atom. The molecule has 0 bridgehead atoms. The molecule has 0 aliphatic carbocycles. The van der Waals surface area contributed by atoms with Crippen molar-refractivity contribution in [3.63, 3.8) is 0 Å². The number of hydrogen-bond acceptors (Lipinski definition) is 2. The molecule has 2 heteroatoms. The second kappa shape index (κ2) is 7.13. The molecule has 0 atom stereocenters. The van der Waals surface area contributed by atoms with E-state index in [9.17, 15) is 0 Å². The molecular weight excluding hydrogens is 210 g/mol. The van der Waals surface area contributed by atoms with Crippen LogP contribution in [0, 0.1) is 0 Å². The van der Waals surface area contributed by atoms with Crippen molar-refractivity contribution in [3.05, 3.63) is 42.0 Å². The van der Waals surface area contributed by atoms with Crippen LogP contribution < -0.4 is 4.74 Å². The lowest BCUT2D eigenvalue weighted by atomic mass is 10.1. The molecule has 0 aliphatic rings. The maximum atomic E-state index is 5.64. The molecule has 0 spiro atoms. The lowest BCUT2D eigenvalue weighted by Gasteiger charge is -2.21. The third-order valence-electron chi connectivity index (χ3n) is 2.61. The van der Waals surface area contributed by atoms with Crippen LogP contribution in [0.5, 0.6) is 5.75 Å². The van der Waals surface area contributed by atoms with E-state index in [1.807, 2.05) is 19.1 Å². The van der Waals surface area contributed by atoms with Crippen LogP contribution >= 0.6 is 0 Å². The average Bonchev–Trinajstić information content (AvgIpc) is 2.30. The first kappa shape index (κ1) is 13.8. The van der Waals surface area contributed by atoms with Crippen molar-refractivity contribution in [1.82, 2.24) is 4.90 Å². The molecule has 94 valence electrons. The Morgan fingerprint density at radius 2 is 2.00 bits per heavy atom. The van der Waals surface area contributed by atoms with Gasteiger partial charge in [-0.25, -0.2) is 0 Å². The van der Waals surface area contributed by atoms with Crippen molar-refractivity contribution >= 4 is 0 Å². The summed E-state index contributed by atoms with van der Waals surface area (Å²) in [6, 6.07) is 8.25. The van der Waals surface area contributed by atoms with Gasteiger partial charge in [0, 0.05) is 18.7 Å². The molecule has 0 heterocycles. The van der Waals surface area contributed by atoms with E-state index in [-0.39, 0.29) is 0 Å². The molecule has 0 radical (unpaired) electrons. The lowest BCUT2D eigenvalue weighted by molar-refractivity contribution is 0.288. The van der Waals surface area contributed by atoms with Crippen LogP contribution in [-0.4, -0.2) is 24.6 Å². The second-order valence-corrected chi connectivity index (χ2v) is 4.30. The van der Waals surface area contributed by atoms with Gasteiger partial charge in [0.15, 0.2) is 0 Å². The summed E-state index contributed by atoms with van der Waals surface area (Å²) in [4.78, 5) is 2.36. The van der Waals surface area contributed by atoms with E-state index in [2.05, 4.69) is 37.5 Å². The zero-order valence-corrected chi connectivity index (χ0v) is 11.2. The minimum Gasteiger partial charge on any atom is -0.494 e. The number of benzene rings is 1. The first-order valence-corrected chi connectivity index (χ1v) is 6.24. The third-order valence-corrected chi connectivity index (χ3v) is 2.61. The van der Waals surface area contributed by atoms with Gasteiger partial charge < -0.3 is 4.74 Å². The van der Waals surface area contributed by atoms with Crippen molar-refractivity contribution in [1.29, 1.82) is 0 Å². The molecular formula is C15H23NO. The molecule has 17 heavy (non-hydrogen) atoms. The molecule has 2 nitrogen and oxygen atoms in total. The smallest absolute Gasteiger partial charge is 0.123 e. The fourth-order valence-corrected chi connectivity index (χ4v) is 1.83. The predicted octanol–water partition coefficient (Wildman–Crippen LogP) is 3.48. The van der Waals surface area contributed by atoms with Gasteiger partial charge in [0.2, 0.25) is 0 Å². The van der Waals surface area contributed by atoms with Gasteiger partial charge >= 0.3 is 0 Å². The van der Waals surface area contributed by atoms with Gasteiger partial charge in [0.1, 0.15) is 5.75 Å². The van der Waals surface area contributed by atoms with Crippen LogP contribution in [-0.2, 0) is 6.54 Å². The minimum atomic E-state index is 0.712. The summed E-state index contributed by atoms with van der Waals surface area (Å²) >= 11 is 0. The van der Waals surface area contributed by atoms with Crippen molar-refractivity contribution in [3.8, 4) is 5.75 Å². The van der Waals surface area contributed by atoms with E-state index in [1.165, 1.54) is 11.1 Å². The Morgan fingerprint density at radius 1 is 1.29 bits per heavy atom. The number of para-hydroxylation sites is 1. The first-order chi connectivity index (χ1) is 8.17. The lowest BCUT2D eigenvalue weighted by Crippen LogP contribution is -2.24. The topological polar surface area (TPSA) is 12.5 Å². The second-order valence-electron chi connectivity index (χ2n) is 4.30. The zero-order valence-electron chi connectivity index (χ0n) is 11.2. The predicted molar refractivity (Wildman–Crippen MR) is 73.4 cm³/mol.